The molecule has 13 heteroatoms. The van der Waals surface area contributed by atoms with Gasteiger partial charge in [-0.15, -0.1) is 11.3 Å². The largest absolute Gasteiger partial charge is 0.505 e. The third-order valence-corrected chi connectivity index (χ3v) is 7.41. The van der Waals surface area contributed by atoms with Crippen molar-refractivity contribution in [3.8, 4) is 5.75 Å². The zero-order chi connectivity index (χ0) is 26.7. The minimum Gasteiger partial charge on any atom is -0.505 e. The molecule has 1 aromatic heterocycles. The quantitative estimate of drug-likeness (QED) is 0.323. The van der Waals surface area contributed by atoms with Crippen LogP contribution in [0.5, 0.6) is 5.75 Å². The Hall–Kier alpha value is -2.86. The number of anilines is 1. The van der Waals surface area contributed by atoms with Crippen molar-refractivity contribution in [1.82, 2.24) is 10.3 Å². The van der Waals surface area contributed by atoms with Crippen LogP contribution < -0.4 is 10.6 Å². The van der Waals surface area contributed by atoms with E-state index in [1.54, 1.807) is 0 Å². The third-order valence-electron chi connectivity index (χ3n) is 5.70. The first-order valence-electron chi connectivity index (χ1n) is 11.1. The number of carbonyl (C=O) groups excluding carboxylic acids is 2. The summed E-state index contributed by atoms with van der Waals surface area (Å²) in [6.45, 7) is 0.646. The van der Waals surface area contributed by atoms with Gasteiger partial charge in [-0.3, -0.25) is 9.59 Å². The Labute approximate surface area is 223 Å². The number of phenols is 1. The van der Waals surface area contributed by atoms with E-state index in [1.165, 1.54) is 30.3 Å². The van der Waals surface area contributed by atoms with Crippen LogP contribution in [-0.4, -0.2) is 35.1 Å². The Balaban J connectivity index is 1.60. The van der Waals surface area contributed by atoms with Gasteiger partial charge in [-0.2, -0.15) is 13.2 Å². The SMILES string of the molecule is O=C(Nc1sc(C2CCOCC2)nc1C(=O)NCc1ccccc1C(F)(F)F)c1cc(Cl)c(O)c(Cl)c1. The molecule has 2 heterocycles. The Morgan fingerprint density at radius 1 is 1.11 bits per heavy atom. The number of carbonyl (C=O) groups is 2. The number of nitrogens with one attached hydrogen (secondary N) is 2. The van der Waals surface area contributed by atoms with Gasteiger partial charge in [-0.1, -0.05) is 41.4 Å². The van der Waals surface area contributed by atoms with Crippen molar-refractivity contribution in [3.05, 3.63) is 73.8 Å². The van der Waals surface area contributed by atoms with Crippen molar-refractivity contribution in [2.45, 2.75) is 31.5 Å². The van der Waals surface area contributed by atoms with Gasteiger partial charge in [0.25, 0.3) is 11.8 Å². The molecule has 7 nitrogen and oxygen atoms in total. The van der Waals surface area contributed by atoms with Gasteiger partial charge in [-0.25, -0.2) is 4.98 Å². The molecule has 3 N–H and O–H groups in total. The third kappa shape index (κ3) is 6.35. The number of alkyl halides is 3. The highest BCUT2D eigenvalue weighted by atomic mass is 35.5. The highest BCUT2D eigenvalue weighted by Crippen LogP contribution is 2.37. The predicted octanol–water partition coefficient (Wildman–Crippen LogP) is 6.25. The Morgan fingerprint density at radius 2 is 1.76 bits per heavy atom. The molecule has 1 fully saturated rings. The lowest BCUT2D eigenvalue weighted by Crippen LogP contribution is -2.26. The van der Waals surface area contributed by atoms with E-state index in [0.717, 1.165) is 17.4 Å². The number of halogens is 5. The molecule has 196 valence electrons. The molecule has 1 saturated heterocycles. The summed E-state index contributed by atoms with van der Waals surface area (Å²) < 4.78 is 45.4. The van der Waals surface area contributed by atoms with Gasteiger partial charge in [0.05, 0.1) is 20.6 Å². The van der Waals surface area contributed by atoms with Crippen LogP contribution in [0.1, 0.15) is 55.7 Å². The minimum absolute atomic E-state index is 0.000492. The van der Waals surface area contributed by atoms with Crippen molar-refractivity contribution in [2.75, 3.05) is 18.5 Å². The molecule has 37 heavy (non-hydrogen) atoms. The number of aromatic nitrogens is 1. The lowest BCUT2D eigenvalue weighted by molar-refractivity contribution is -0.138. The highest BCUT2D eigenvalue weighted by molar-refractivity contribution is 7.16. The topological polar surface area (TPSA) is 101 Å². The number of benzene rings is 2. The number of thiazole rings is 1. The lowest BCUT2D eigenvalue weighted by atomic mass is 10.0. The van der Waals surface area contributed by atoms with Crippen LogP contribution in [0.4, 0.5) is 18.2 Å². The number of phenolic OH excluding ortho intramolecular Hbond substituents is 1. The average Bonchev–Trinajstić information content (AvgIpc) is 3.29. The van der Waals surface area contributed by atoms with Gasteiger partial charge < -0.3 is 20.5 Å². The van der Waals surface area contributed by atoms with Crippen molar-refractivity contribution in [3.63, 3.8) is 0 Å². The van der Waals surface area contributed by atoms with Gasteiger partial charge in [-0.05, 0) is 36.6 Å². The summed E-state index contributed by atoms with van der Waals surface area (Å²) in [4.78, 5) is 30.4. The zero-order valence-corrected chi connectivity index (χ0v) is 21.3. The van der Waals surface area contributed by atoms with E-state index in [-0.39, 0.29) is 43.5 Å². The summed E-state index contributed by atoms with van der Waals surface area (Å²) in [5.41, 5.74) is -1.06. The number of aromatic hydroxyl groups is 1. The van der Waals surface area contributed by atoms with Gasteiger partial charge in [0.2, 0.25) is 0 Å². The first-order valence-corrected chi connectivity index (χ1v) is 12.6. The molecule has 0 saturated carbocycles. The fourth-order valence-electron chi connectivity index (χ4n) is 3.78. The summed E-state index contributed by atoms with van der Waals surface area (Å²) in [6, 6.07) is 7.36. The second-order valence-corrected chi connectivity index (χ2v) is 10.0. The summed E-state index contributed by atoms with van der Waals surface area (Å²) in [5.74, 6) is -1.79. The van der Waals surface area contributed by atoms with E-state index in [0.29, 0.717) is 31.1 Å². The molecule has 0 radical (unpaired) electrons. The Bertz CT molecular complexity index is 1300. The number of rotatable bonds is 6. The molecule has 0 atom stereocenters. The molecule has 3 aromatic rings. The molecule has 0 unspecified atom stereocenters. The van der Waals surface area contributed by atoms with Crippen LogP contribution in [0.25, 0.3) is 0 Å². The molecule has 2 amide bonds. The Morgan fingerprint density at radius 3 is 2.41 bits per heavy atom. The molecule has 0 spiro atoms. The van der Waals surface area contributed by atoms with E-state index in [4.69, 9.17) is 27.9 Å². The molecular formula is C24H20Cl2F3N3O4S. The molecule has 0 aliphatic carbocycles. The monoisotopic (exact) mass is 573 g/mol. The standard InChI is InChI=1S/C24H20Cl2F3N3O4S/c25-16-9-14(10-17(26)19(16)33)20(34)32-23-18(31-22(37-23)12-5-7-36-8-6-12)21(35)30-11-13-3-1-2-4-15(13)24(27,28)29/h1-4,9-10,12,33H,5-8,11H2,(H,30,35)(H,32,34). The summed E-state index contributed by atoms with van der Waals surface area (Å²) >= 11 is 12.9. The van der Waals surface area contributed by atoms with E-state index in [2.05, 4.69) is 15.6 Å². The van der Waals surface area contributed by atoms with Crippen LogP contribution in [0.15, 0.2) is 36.4 Å². The van der Waals surface area contributed by atoms with Gasteiger partial charge in [0.1, 0.15) is 5.00 Å². The number of nitrogens with zero attached hydrogens (tertiary/aromatic N) is 1. The van der Waals surface area contributed by atoms with Gasteiger partial charge >= 0.3 is 6.18 Å². The molecule has 2 aromatic carbocycles. The zero-order valence-electron chi connectivity index (χ0n) is 19.0. The summed E-state index contributed by atoms with van der Waals surface area (Å²) in [6.07, 6.45) is -3.24. The summed E-state index contributed by atoms with van der Waals surface area (Å²) in [7, 11) is 0. The number of ether oxygens (including phenoxy) is 1. The fraction of sp³-hybridized carbons (Fsp3) is 0.292. The Kier molecular flexibility index (Phi) is 8.27. The smallest absolute Gasteiger partial charge is 0.416 e. The first-order chi connectivity index (χ1) is 17.5. The van der Waals surface area contributed by atoms with Crippen molar-refractivity contribution in [1.29, 1.82) is 0 Å². The van der Waals surface area contributed by atoms with Crippen LogP contribution >= 0.6 is 34.5 Å². The maximum atomic E-state index is 13.3. The van der Waals surface area contributed by atoms with Crippen LogP contribution in [0, 0.1) is 0 Å². The molecular weight excluding hydrogens is 554 g/mol. The van der Waals surface area contributed by atoms with E-state index >= 15 is 0 Å². The van der Waals surface area contributed by atoms with E-state index in [9.17, 15) is 27.9 Å². The maximum absolute atomic E-state index is 13.3. The van der Waals surface area contributed by atoms with Crippen molar-refractivity contribution < 1.29 is 32.6 Å². The van der Waals surface area contributed by atoms with Crippen molar-refractivity contribution >= 4 is 51.4 Å². The van der Waals surface area contributed by atoms with Crippen molar-refractivity contribution in [2.24, 2.45) is 0 Å². The molecule has 4 rings (SSSR count). The molecule has 1 aliphatic rings. The predicted molar refractivity (Wildman–Crippen MR) is 134 cm³/mol. The van der Waals surface area contributed by atoms with E-state index < -0.39 is 30.1 Å². The lowest BCUT2D eigenvalue weighted by Gasteiger charge is -2.19. The summed E-state index contributed by atoms with van der Waals surface area (Å²) in [5, 5.41) is 15.3. The van der Waals surface area contributed by atoms with Gasteiger partial charge in [0.15, 0.2) is 11.4 Å². The fourth-order valence-corrected chi connectivity index (χ4v) is 5.39. The maximum Gasteiger partial charge on any atom is 0.416 e. The molecule has 1 aliphatic heterocycles. The normalized spacial score (nSPS) is 14.4. The first kappa shape index (κ1) is 27.2. The minimum atomic E-state index is -4.58. The van der Waals surface area contributed by atoms with Crippen LogP contribution in [-0.2, 0) is 17.5 Å². The highest BCUT2D eigenvalue weighted by Gasteiger charge is 2.33. The van der Waals surface area contributed by atoms with Crippen LogP contribution in [0.2, 0.25) is 10.0 Å². The number of hydrogen-bond donors (Lipinski definition) is 3. The molecule has 0 bridgehead atoms. The van der Waals surface area contributed by atoms with E-state index in [1.807, 2.05) is 0 Å². The second kappa shape index (κ2) is 11.3. The van der Waals surface area contributed by atoms with Crippen LogP contribution in [0.3, 0.4) is 0 Å². The van der Waals surface area contributed by atoms with Gasteiger partial charge in [0, 0.05) is 31.2 Å². The number of amides is 2. The second-order valence-electron chi connectivity index (χ2n) is 8.20. The average molecular weight is 574 g/mol. The number of hydrogen-bond acceptors (Lipinski definition) is 6.